The fourth-order valence-corrected chi connectivity index (χ4v) is 1.52. The number of halogens is 2. The zero-order chi connectivity index (χ0) is 10.3. The SMILES string of the molecule is NC(c1cc(F)ccc1F)C1(N)CC1. The van der Waals surface area contributed by atoms with Crippen LogP contribution in [0.25, 0.3) is 0 Å². The van der Waals surface area contributed by atoms with E-state index >= 15 is 0 Å². The van der Waals surface area contributed by atoms with E-state index < -0.39 is 23.2 Å². The molecule has 0 amide bonds. The molecular weight excluding hydrogens is 186 g/mol. The highest BCUT2D eigenvalue weighted by Crippen LogP contribution is 2.42. The molecule has 1 aliphatic rings. The van der Waals surface area contributed by atoms with Gasteiger partial charge >= 0.3 is 0 Å². The summed E-state index contributed by atoms with van der Waals surface area (Å²) in [6.45, 7) is 0. The molecule has 1 aromatic rings. The smallest absolute Gasteiger partial charge is 0.128 e. The van der Waals surface area contributed by atoms with E-state index in [1.807, 2.05) is 0 Å². The molecule has 0 radical (unpaired) electrons. The zero-order valence-corrected chi connectivity index (χ0v) is 7.63. The molecule has 0 aromatic heterocycles. The van der Waals surface area contributed by atoms with Gasteiger partial charge in [0.2, 0.25) is 0 Å². The molecule has 76 valence electrons. The lowest BCUT2D eigenvalue weighted by atomic mass is 9.98. The van der Waals surface area contributed by atoms with Crippen molar-refractivity contribution in [2.75, 3.05) is 0 Å². The summed E-state index contributed by atoms with van der Waals surface area (Å²) in [5.74, 6) is -0.975. The summed E-state index contributed by atoms with van der Waals surface area (Å²) in [6, 6.07) is 2.66. The first-order chi connectivity index (χ1) is 6.53. The highest BCUT2D eigenvalue weighted by atomic mass is 19.1. The standard InChI is InChI=1S/C10H12F2N2/c11-6-1-2-8(12)7(5-6)9(13)10(14)3-4-10/h1-2,5,9H,3-4,13-14H2. The van der Waals surface area contributed by atoms with Gasteiger partial charge < -0.3 is 11.5 Å². The molecule has 4 N–H and O–H groups in total. The minimum absolute atomic E-state index is 0.171. The Morgan fingerprint density at radius 1 is 1.29 bits per heavy atom. The minimum atomic E-state index is -0.613. The van der Waals surface area contributed by atoms with Crippen LogP contribution in [0, 0.1) is 11.6 Å². The van der Waals surface area contributed by atoms with Crippen LogP contribution in [-0.2, 0) is 0 Å². The van der Waals surface area contributed by atoms with Crippen molar-refractivity contribution >= 4 is 0 Å². The van der Waals surface area contributed by atoms with Crippen molar-refractivity contribution in [3.8, 4) is 0 Å². The zero-order valence-electron chi connectivity index (χ0n) is 7.63. The molecule has 0 saturated heterocycles. The molecule has 1 unspecified atom stereocenters. The second kappa shape index (κ2) is 3.00. The summed E-state index contributed by atoms with van der Waals surface area (Å²) in [6.07, 6.45) is 1.54. The normalized spacial score (nSPS) is 20.6. The van der Waals surface area contributed by atoms with Gasteiger partial charge in [-0.15, -0.1) is 0 Å². The van der Waals surface area contributed by atoms with Crippen molar-refractivity contribution in [1.82, 2.24) is 0 Å². The molecule has 2 rings (SSSR count). The van der Waals surface area contributed by atoms with E-state index in [4.69, 9.17) is 11.5 Å². The number of nitrogens with two attached hydrogens (primary N) is 2. The number of benzene rings is 1. The van der Waals surface area contributed by atoms with Crippen LogP contribution >= 0.6 is 0 Å². The lowest BCUT2D eigenvalue weighted by molar-refractivity contribution is 0.494. The largest absolute Gasteiger partial charge is 0.323 e. The summed E-state index contributed by atoms with van der Waals surface area (Å²) < 4.78 is 26.1. The van der Waals surface area contributed by atoms with E-state index in [2.05, 4.69) is 0 Å². The second-order valence-corrected chi connectivity index (χ2v) is 3.88. The van der Waals surface area contributed by atoms with Gasteiger partial charge in [-0.05, 0) is 31.0 Å². The summed E-state index contributed by atoms with van der Waals surface area (Å²) in [7, 11) is 0. The number of hydrogen-bond acceptors (Lipinski definition) is 2. The van der Waals surface area contributed by atoms with Crippen LogP contribution in [0.3, 0.4) is 0 Å². The Kier molecular flexibility index (Phi) is 2.05. The summed E-state index contributed by atoms with van der Waals surface area (Å²) in [5, 5.41) is 0. The van der Waals surface area contributed by atoms with Gasteiger partial charge in [0.15, 0.2) is 0 Å². The molecule has 0 aliphatic heterocycles. The molecule has 0 bridgehead atoms. The quantitative estimate of drug-likeness (QED) is 0.755. The maximum absolute atomic E-state index is 13.3. The fourth-order valence-electron chi connectivity index (χ4n) is 1.52. The van der Waals surface area contributed by atoms with Crippen molar-refractivity contribution < 1.29 is 8.78 Å². The monoisotopic (exact) mass is 198 g/mol. The van der Waals surface area contributed by atoms with Crippen molar-refractivity contribution in [1.29, 1.82) is 0 Å². The van der Waals surface area contributed by atoms with Gasteiger partial charge in [0.05, 0.1) is 6.04 Å². The second-order valence-electron chi connectivity index (χ2n) is 3.88. The molecule has 14 heavy (non-hydrogen) atoms. The lowest BCUT2D eigenvalue weighted by Gasteiger charge is -2.19. The Bertz CT molecular complexity index is 361. The van der Waals surface area contributed by atoms with Gasteiger partial charge in [-0.2, -0.15) is 0 Å². The van der Waals surface area contributed by atoms with E-state index in [9.17, 15) is 8.78 Å². The van der Waals surface area contributed by atoms with E-state index in [1.54, 1.807) is 0 Å². The van der Waals surface area contributed by atoms with Crippen LogP contribution < -0.4 is 11.5 Å². The first-order valence-electron chi connectivity index (χ1n) is 4.52. The van der Waals surface area contributed by atoms with Crippen molar-refractivity contribution in [3.05, 3.63) is 35.4 Å². The average Bonchev–Trinajstić information content (AvgIpc) is 2.88. The lowest BCUT2D eigenvalue weighted by Crippen LogP contribution is -2.36. The van der Waals surface area contributed by atoms with Crippen LogP contribution in [0.2, 0.25) is 0 Å². The van der Waals surface area contributed by atoms with Gasteiger partial charge in [-0.1, -0.05) is 0 Å². The molecule has 1 saturated carbocycles. The van der Waals surface area contributed by atoms with Crippen molar-refractivity contribution in [3.63, 3.8) is 0 Å². The minimum Gasteiger partial charge on any atom is -0.323 e. The number of rotatable bonds is 2. The third kappa shape index (κ3) is 1.51. The van der Waals surface area contributed by atoms with E-state index in [0.717, 1.165) is 31.0 Å². The molecule has 1 atom stereocenters. The van der Waals surface area contributed by atoms with Gasteiger partial charge in [0.1, 0.15) is 11.6 Å². The van der Waals surface area contributed by atoms with Crippen molar-refractivity contribution in [2.45, 2.75) is 24.4 Å². The fraction of sp³-hybridized carbons (Fsp3) is 0.400. The molecule has 1 aliphatic carbocycles. The summed E-state index contributed by atoms with van der Waals surface area (Å²) in [4.78, 5) is 0. The Morgan fingerprint density at radius 2 is 1.93 bits per heavy atom. The van der Waals surface area contributed by atoms with Crippen LogP contribution in [0.5, 0.6) is 0 Å². The maximum atomic E-state index is 13.3. The van der Waals surface area contributed by atoms with Crippen molar-refractivity contribution in [2.24, 2.45) is 11.5 Å². The van der Waals surface area contributed by atoms with Gasteiger partial charge in [-0.25, -0.2) is 8.78 Å². The van der Waals surface area contributed by atoms with Crippen LogP contribution in [0.15, 0.2) is 18.2 Å². The third-order valence-corrected chi connectivity index (χ3v) is 2.74. The molecule has 1 fully saturated rings. The highest BCUT2D eigenvalue weighted by molar-refractivity contribution is 5.28. The van der Waals surface area contributed by atoms with E-state index in [0.29, 0.717) is 0 Å². The molecule has 0 spiro atoms. The number of hydrogen-bond donors (Lipinski definition) is 2. The van der Waals surface area contributed by atoms with Crippen LogP contribution in [0.4, 0.5) is 8.78 Å². The summed E-state index contributed by atoms with van der Waals surface area (Å²) in [5.41, 5.74) is 11.2. The summed E-state index contributed by atoms with van der Waals surface area (Å²) >= 11 is 0. The van der Waals surface area contributed by atoms with Gasteiger partial charge in [0.25, 0.3) is 0 Å². The van der Waals surface area contributed by atoms with Crippen LogP contribution in [-0.4, -0.2) is 5.54 Å². The van der Waals surface area contributed by atoms with Gasteiger partial charge in [-0.3, -0.25) is 0 Å². The molecule has 2 nitrogen and oxygen atoms in total. The van der Waals surface area contributed by atoms with Crippen LogP contribution in [0.1, 0.15) is 24.4 Å². The predicted octanol–water partition coefficient (Wildman–Crippen LogP) is 1.46. The molecule has 0 heterocycles. The Hall–Kier alpha value is -1.00. The Balaban J connectivity index is 2.35. The van der Waals surface area contributed by atoms with E-state index in [1.165, 1.54) is 0 Å². The van der Waals surface area contributed by atoms with Gasteiger partial charge in [0, 0.05) is 11.1 Å². The first-order valence-corrected chi connectivity index (χ1v) is 4.52. The Morgan fingerprint density at radius 3 is 2.50 bits per heavy atom. The Labute approximate surface area is 80.9 Å². The van der Waals surface area contributed by atoms with E-state index in [-0.39, 0.29) is 5.56 Å². The predicted molar refractivity (Wildman–Crippen MR) is 49.4 cm³/mol. The molecular formula is C10H12F2N2. The maximum Gasteiger partial charge on any atom is 0.128 e. The third-order valence-electron chi connectivity index (χ3n) is 2.74. The first kappa shape index (κ1) is 9.55. The highest BCUT2D eigenvalue weighted by Gasteiger charge is 2.45. The topological polar surface area (TPSA) is 52.0 Å². The molecule has 4 heteroatoms. The average molecular weight is 198 g/mol. The molecule has 1 aromatic carbocycles.